The zero-order valence-electron chi connectivity index (χ0n) is 13.5. The summed E-state index contributed by atoms with van der Waals surface area (Å²) in [5.74, 6) is 0.956. The first kappa shape index (κ1) is 16.0. The molecule has 108 valence electrons. The van der Waals surface area contributed by atoms with Crippen molar-refractivity contribution in [3.05, 3.63) is 29.3 Å². The van der Waals surface area contributed by atoms with Gasteiger partial charge in [0.15, 0.2) is 0 Å². The number of hydrogen-bond donors (Lipinski definition) is 1. The molecule has 0 fully saturated rings. The van der Waals surface area contributed by atoms with Gasteiger partial charge >= 0.3 is 0 Å². The van der Waals surface area contributed by atoms with Crippen molar-refractivity contribution in [2.75, 3.05) is 6.61 Å². The molecule has 0 amide bonds. The summed E-state index contributed by atoms with van der Waals surface area (Å²) in [6, 6.07) is 6.57. The van der Waals surface area contributed by atoms with E-state index in [0.717, 1.165) is 5.75 Å². The lowest BCUT2D eigenvalue weighted by Gasteiger charge is -2.27. The molecular formula is C17H29NO. The first-order chi connectivity index (χ1) is 8.51. The van der Waals surface area contributed by atoms with Crippen molar-refractivity contribution >= 4 is 0 Å². The molecule has 0 saturated carbocycles. The summed E-state index contributed by atoms with van der Waals surface area (Å²) in [4.78, 5) is 0. The quantitative estimate of drug-likeness (QED) is 0.894. The Morgan fingerprint density at radius 3 is 2.05 bits per heavy atom. The summed E-state index contributed by atoms with van der Waals surface area (Å²) in [6.07, 6.45) is 0. The van der Waals surface area contributed by atoms with Crippen LogP contribution in [0, 0.1) is 0 Å². The van der Waals surface area contributed by atoms with Gasteiger partial charge in [0.25, 0.3) is 0 Å². The van der Waals surface area contributed by atoms with Gasteiger partial charge in [0.05, 0.1) is 0 Å². The lowest BCUT2D eigenvalue weighted by molar-refractivity contribution is 0.288. The molecule has 0 aliphatic heterocycles. The molecule has 0 saturated heterocycles. The van der Waals surface area contributed by atoms with Crippen molar-refractivity contribution in [2.45, 2.75) is 65.3 Å². The van der Waals surface area contributed by atoms with Crippen LogP contribution in [-0.4, -0.2) is 12.6 Å². The maximum absolute atomic E-state index is 5.87. The van der Waals surface area contributed by atoms with E-state index >= 15 is 0 Å². The third-order valence-corrected chi connectivity index (χ3v) is 3.16. The second kappa shape index (κ2) is 5.54. The van der Waals surface area contributed by atoms with Crippen molar-refractivity contribution < 1.29 is 4.74 Å². The van der Waals surface area contributed by atoms with Crippen molar-refractivity contribution in [2.24, 2.45) is 5.73 Å². The van der Waals surface area contributed by atoms with Crippen LogP contribution in [0.4, 0.5) is 0 Å². The molecule has 0 heterocycles. The zero-order valence-corrected chi connectivity index (χ0v) is 13.5. The van der Waals surface area contributed by atoms with Crippen LogP contribution in [0.2, 0.25) is 0 Å². The smallest absolute Gasteiger partial charge is 0.123 e. The zero-order chi connectivity index (χ0) is 14.8. The van der Waals surface area contributed by atoms with Gasteiger partial charge in [-0.1, -0.05) is 53.7 Å². The summed E-state index contributed by atoms with van der Waals surface area (Å²) in [7, 11) is 0. The largest absolute Gasteiger partial charge is 0.492 e. The SMILES string of the molecule is CC(N)COc1ccc(C(C)(C)C)cc1C(C)(C)C. The van der Waals surface area contributed by atoms with Gasteiger partial charge in [0.1, 0.15) is 12.4 Å². The number of benzene rings is 1. The predicted molar refractivity (Wildman–Crippen MR) is 83.0 cm³/mol. The topological polar surface area (TPSA) is 35.2 Å². The Balaban J connectivity index is 3.18. The molecule has 1 rings (SSSR count). The highest BCUT2D eigenvalue weighted by Crippen LogP contribution is 2.35. The van der Waals surface area contributed by atoms with Crippen LogP contribution in [0.15, 0.2) is 18.2 Å². The minimum atomic E-state index is 0.0510. The first-order valence-electron chi connectivity index (χ1n) is 7.05. The lowest BCUT2D eigenvalue weighted by Crippen LogP contribution is -2.25. The summed E-state index contributed by atoms with van der Waals surface area (Å²) in [6.45, 7) is 15.9. The molecule has 0 spiro atoms. The lowest BCUT2D eigenvalue weighted by atomic mass is 9.80. The van der Waals surface area contributed by atoms with E-state index in [0.29, 0.717) is 6.61 Å². The van der Waals surface area contributed by atoms with E-state index in [1.807, 2.05) is 6.92 Å². The minimum Gasteiger partial charge on any atom is -0.492 e. The molecule has 1 aromatic carbocycles. The Kier molecular flexibility index (Phi) is 4.67. The third-order valence-electron chi connectivity index (χ3n) is 3.16. The Hall–Kier alpha value is -1.02. The van der Waals surface area contributed by atoms with E-state index in [1.54, 1.807) is 0 Å². The molecule has 0 aliphatic rings. The first-order valence-corrected chi connectivity index (χ1v) is 7.05. The molecule has 0 aliphatic carbocycles. The molecule has 1 unspecified atom stereocenters. The fourth-order valence-corrected chi connectivity index (χ4v) is 1.93. The van der Waals surface area contributed by atoms with E-state index in [-0.39, 0.29) is 16.9 Å². The summed E-state index contributed by atoms with van der Waals surface area (Å²) in [5.41, 5.74) is 8.58. The number of ether oxygens (including phenoxy) is 1. The van der Waals surface area contributed by atoms with E-state index in [2.05, 4.69) is 59.7 Å². The van der Waals surface area contributed by atoms with Crippen molar-refractivity contribution in [1.82, 2.24) is 0 Å². The molecular weight excluding hydrogens is 234 g/mol. The third kappa shape index (κ3) is 4.54. The maximum atomic E-state index is 5.87. The van der Waals surface area contributed by atoms with Crippen LogP contribution in [-0.2, 0) is 10.8 Å². The summed E-state index contributed by atoms with van der Waals surface area (Å²) >= 11 is 0. The van der Waals surface area contributed by atoms with Crippen LogP contribution in [0.5, 0.6) is 5.75 Å². The summed E-state index contributed by atoms with van der Waals surface area (Å²) in [5, 5.41) is 0. The van der Waals surface area contributed by atoms with Gasteiger partial charge in [0, 0.05) is 6.04 Å². The Labute approximate surface area is 118 Å². The molecule has 0 aromatic heterocycles. The van der Waals surface area contributed by atoms with Crippen LogP contribution < -0.4 is 10.5 Å². The van der Waals surface area contributed by atoms with Gasteiger partial charge in [-0.15, -0.1) is 0 Å². The minimum absolute atomic E-state index is 0.0510. The molecule has 0 bridgehead atoms. The van der Waals surface area contributed by atoms with Gasteiger partial charge in [-0.05, 0) is 34.9 Å². The molecule has 2 heteroatoms. The molecule has 19 heavy (non-hydrogen) atoms. The van der Waals surface area contributed by atoms with Gasteiger partial charge in [-0.3, -0.25) is 0 Å². The van der Waals surface area contributed by atoms with E-state index in [9.17, 15) is 0 Å². The molecule has 2 nitrogen and oxygen atoms in total. The number of nitrogens with two attached hydrogens (primary N) is 1. The van der Waals surface area contributed by atoms with E-state index in [4.69, 9.17) is 10.5 Å². The highest BCUT2D eigenvalue weighted by atomic mass is 16.5. The van der Waals surface area contributed by atoms with Crippen molar-refractivity contribution in [3.63, 3.8) is 0 Å². The predicted octanol–water partition coefficient (Wildman–Crippen LogP) is 4.01. The number of rotatable bonds is 3. The van der Waals surface area contributed by atoms with Crippen molar-refractivity contribution in [3.8, 4) is 5.75 Å². The maximum Gasteiger partial charge on any atom is 0.123 e. The Morgan fingerprint density at radius 2 is 1.63 bits per heavy atom. The van der Waals surface area contributed by atoms with Crippen LogP contribution in [0.25, 0.3) is 0 Å². The molecule has 1 atom stereocenters. The highest BCUT2D eigenvalue weighted by molar-refractivity contribution is 5.43. The fourth-order valence-electron chi connectivity index (χ4n) is 1.93. The van der Waals surface area contributed by atoms with E-state index < -0.39 is 0 Å². The van der Waals surface area contributed by atoms with Crippen molar-refractivity contribution in [1.29, 1.82) is 0 Å². The Bertz CT molecular complexity index is 422. The van der Waals surface area contributed by atoms with Gasteiger partial charge in [0.2, 0.25) is 0 Å². The monoisotopic (exact) mass is 263 g/mol. The average molecular weight is 263 g/mol. The average Bonchev–Trinajstić information content (AvgIpc) is 2.23. The second-order valence-corrected chi connectivity index (χ2v) is 7.50. The van der Waals surface area contributed by atoms with Crippen LogP contribution in [0.3, 0.4) is 0 Å². The fraction of sp³-hybridized carbons (Fsp3) is 0.647. The highest BCUT2D eigenvalue weighted by Gasteiger charge is 2.23. The van der Waals surface area contributed by atoms with Crippen LogP contribution in [0.1, 0.15) is 59.6 Å². The summed E-state index contributed by atoms with van der Waals surface area (Å²) < 4.78 is 5.87. The van der Waals surface area contributed by atoms with Gasteiger partial charge < -0.3 is 10.5 Å². The molecule has 0 radical (unpaired) electrons. The van der Waals surface area contributed by atoms with E-state index in [1.165, 1.54) is 11.1 Å². The molecule has 1 aromatic rings. The van der Waals surface area contributed by atoms with Gasteiger partial charge in [-0.25, -0.2) is 0 Å². The molecule has 2 N–H and O–H groups in total. The normalized spacial score (nSPS) is 14.3. The van der Waals surface area contributed by atoms with Crippen LogP contribution >= 0.6 is 0 Å². The van der Waals surface area contributed by atoms with Gasteiger partial charge in [-0.2, -0.15) is 0 Å². The number of hydrogen-bond acceptors (Lipinski definition) is 2. The Morgan fingerprint density at radius 1 is 1.05 bits per heavy atom. The standard InChI is InChI=1S/C17H29NO/c1-12(18)11-19-15-9-8-13(16(2,3)4)10-14(15)17(5,6)7/h8-10,12H,11,18H2,1-7H3. The second-order valence-electron chi connectivity index (χ2n) is 7.50.